The van der Waals surface area contributed by atoms with Crippen molar-refractivity contribution in [3.63, 3.8) is 0 Å². The van der Waals surface area contributed by atoms with Crippen molar-refractivity contribution < 1.29 is 4.74 Å². The van der Waals surface area contributed by atoms with Crippen molar-refractivity contribution in [3.05, 3.63) is 11.9 Å². The quantitative estimate of drug-likeness (QED) is 0.878. The SMILES string of the molecule is COc1cnn(C)c1C(N)CSC(C)(C)C. The van der Waals surface area contributed by atoms with Gasteiger partial charge in [-0.2, -0.15) is 16.9 Å². The van der Waals surface area contributed by atoms with Gasteiger partial charge in [0.05, 0.1) is 25.0 Å². The number of nitrogens with zero attached hydrogens (tertiary/aromatic N) is 2. The van der Waals surface area contributed by atoms with Gasteiger partial charge in [-0.3, -0.25) is 4.68 Å². The third-order valence-electron chi connectivity index (χ3n) is 2.22. The minimum absolute atomic E-state index is 0.0494. The number of hydrogen-bond donors (Lipinski definition) is 1. The normalized spacial score (nSPS) is 13.9. The summed E-state index contributed by atoms with van der Waals surface area (Å²) < 4.78 is 7.26. The van der Waals surface area contributed by atoms with E-state index >= 15 is 0 Å². The molecule has 0 aliphatic heterocycles. The predicted octanol–water partition coefficient (Wildman–Crippen LogP) is 1.96. The van der Waals surface area contributed by atoms with Crippen LogP contribution in [0.5, 0.6) is 5.75 Å². The lowest BCUT2D eigenvalue weighted by molar-refractivity contribution is 0.405. The molecule has 1 heterocycles. The molecule has 1 atom stereocenters. The Morgan fingerprint density at radius 1 is 1.56 bits per heavy atom. The maximum absolute atomic E-state index is 6.16. The first-order chi connectivity index (χ1) is 7.35. The Morgan fingerprint density at radius 3 is 2.69 bits per heavy atom. The molecule has 4 nitrogen and oxygen atoms in total. The van der Waals surface area contributed by atoms with Crippen LogP contribution in [0.2, 0.25) is 0 Å². The summed E-state index contributed by atoms with van der Waals surface area (Å²) in [6, 6.07) is -0.0494. The molecule has 0 saturated carbocycles. The maximum atomic E-state index is 6.16. The van der Waals surface area contributed by atoms with E-state index in [4.69, 9.17) is 10.5 Å². The summed E-state index contributed by atoms with van der Waals surface area (Å²) in [4.78, 5) is 0. The largest absolute Gasteiger partial charge is 0.493 e. The minimum atomic E-state index is -0.0494. The fourth-order valence-electron chi connectivity index (χ4n) is 1.43. The van der Waals surface area contributed by atoms with Crippen molar-refractivity contribution >= 4 is 11.8 Å². The summed E-state index contributed by atoms with van der Waals surface area (Å²) in [6.07, 6.45) is 1.71. The van der Waals surface area contributed by atoms with Gasteiger partial charge in [0.25, 0.3) is 0 Å². The zero-order valence-corrected chi connectivity index (χ0v) is 11.5. The second-order valence-corrected chi connectivity index (χ2v) is 6.60. The highest BCUT2D eigenvalue weighted by atomic mass is 32.2. The van der Waals surface area contributed by atoms with E-state index < -0.39 is 0 Å². The van der Waals surface area contributed by atoms with Crippen LogP contribution < -0.4 is 10.5 Å². The minimum Gasteiger partial charge on any atom is -0.493 e. The number of nitrogens with two attached hydrogens (primary N) is 1. The van der Waals surface area contributed by atoms with E-state index in [0.29, 0.717) is 0 Å². The van der Waals surface area contributed by atoms with Crippen LogP contribution in [0.4, 0.5) is 0 Å². The molecule has 1 aromatic rings. The molecule has 0 fully saturated rings. The molecule has 16 heavy (non-hydrogen) atoms. The van der Waals surface area contributed by atoms with Crippen molar-refractivity contribution in [2.24, 2.45) is 12.8 Å². The van der Waals surface area contributed by atoms with Crippen LogP contribution in [0.25, 0.3) is 0 Å². The van der Waals surface area contributed by atoms with E-state index in [1.165, 1.54) is 0 Å². The number of rotatable bonds is 4. The van der Waals surface area contributed by atoms with Gasteiger partial charge in [-0.25, -0.2) is 0 Å². The highest BCUT2D eigenvalue weighted by Gasteiger charge is 2.20. The highest BCUT2D eigenvalue weighted by molar-refractivity contribution is 8.00. The molecule has 0 spiro atoms. The molecule has 0 aliphatic rings. The molecule has 0 bridgehead atoms. The van der Waals surface area contributed by atoms with E-state index in [-0.39, 0.29) is 10.8 Å². The van der Waals surface area contributed by atoms with E-state index in [9.17, 15) is 0 Å². The monoisotopic (exact) mass is 243 g/mol. The van der Waals surface area contributed by atoms with E-state index in [1.54, 1.807) is 18.0 Å². The Balaban J connectivity index is 2.72. The van der Waals surface area contributed by atoms with Crippen molar-refractivity contribution in [1.82, 2.24) is 9.78 Å². The van der Waals surface area contributed by atoms with Gasteiger partial charge in [0, 0.05) is 17.5 Å². The Morgan fingerprint density at radius 2 is 2.19 bits per heavy atom. The van der Waals surface area contributed by atoms with Gasteiger partial charge in [-0.1, -0.05) is 20.8 Å². The van der Waals surface area contributed by atoms with Crippen molar-refractivity contribution in [3.8, 4) is 5.75 Å². The number of ether oxygens (including phenoxy) is 1. The fourth-order valence-corrected chi connectivity index (χ4v) is 2.26. The number of aryl methyl sites for hydroxylation is 1. The molecule has 2 N–H and O–H groups in total. The standard InChI is InChI=1S/C11H21N3OS/c1-11(2,3)16-7-8(12)10-9(15-5)6-13-14(10)4/h6,8H,7,12H2,1-5H3. The molecular formula is C11H21N3OS. The van der Waals surface area contributed by atoms with Gasteiger partial charge in [-0.05, 0) is 0 Å². The summed E-state index contributed by atoms with van der Waals surface area (Å²) in [6.45, 7) is 6.56. The lowest BCUT2D eigenvalue weighted by Gasteiger charge is -2.21. The van der Waals surface area contributed by atoms with Crippen molar-refractivity contribution in [2.45, 2.75) is 31.6 Å². The topological polar surface area (TPSA) is 53.1 Å². The lowest BCUT2D eigenvalue weighted by atomic mass is 10.2. The second-order valence-electron chi connectivity index (χ2n) is 4.75. The average molecular weight is 243 g/mol. The molecule has 92 valence electrons. The second kappa shape index (κ2) is 5.10. The zero-order chi connectivity index (χ0) is 12.3. The van der Waals surface area contributed by atoms with Crippen LogP contribution >= 0.6 is 11.8 Å². The molecule has 1 rings (SSSR count). The van der Waals surface area contributed by atoms with Crippen LogP contribution in [0.15, 0.2) is 6.20 Å². The van der Waals surface area contributed by atoms with Crippen molar-refractivity contribution in [1.29, 1.82) is 0 Å². The first-order valence-corrected chi connectivity index (χ1v) is 6.29. The molecule has 0 amide bonds. The molecule has 1 aromatic heterocycles. The number of methoxy groups -OCH3 is 1. The van der Waals surface area contributed by atoms with Gasteiger partial charge in [0.1, 0.15) is 0 Å². The summed E-state index contributed by atoms with van der Waals surface area (Å²) >= 11 is 1.85. The third-order valence-corrected chi connectivity index (χ3v) is 3.61. The lowest BCUT2D eigenvalue weighted by Crippen LogP contribution is -2.21. The van der Waals surface area contributed by atoms with Crippen LogP contribution in [-0.4, -0.2) is 27.4 Å². The van der Waals surface area contributed by atoms with E-state index in [1.807, 2.05) is 18.8 Å². The molecule has 0 aromatic carbocycles. The molecule has 0 radical (unpaired) electrons. The van der Waals surface area contributed by atoms with E-state index in [2.05, 4.69) is 25.9 Å². The summed E-state index contributed by atoms with van der Waals surface area (Å²) in [5.41, 5.74) is 7.12. The van der Waals surface area contributed by atoms with Gasteiger partial charge < -0.3 is 10.5 Å². The van der Waals surface area contributed by atoms with Gasteiger partial charge in [0.15, 0.2) is 5.75 Å². The van der Waals surface area contributed by atoms with E-state index in [0.717, 1.165) is 17.2 Å². The maximum Gasteiger partial charge on any atom is 0.161 e. The number of thioether (sulfide) groups is 1. The first-order valence-electron chi connectivity index (χ1n) is 5.30. The van der Waals surface area contributed by atoms with Gasteiger partial charge in [-0.15, -0.1) is 0 Å². The van der Waals surface area contributed by atoms with Crippen molar-refractivity contribution in [2.75, 3.05) is 12.9 Å². The molecule has 0 aliphatic carbocycles. The third kappa shape index (κ3) is 3.42. The van der Waals surface area contributed by atoms with Gasteiger partial charge in [0.2, 0.25) is 0 Å². The van der Waals surface area contributed by atoms with Crippen LogP contribution in [0.1, 0.15) is 32.5 Å². The van der Waals surface area contributed by atoms with Crippen LogP contribution in [0.3, 0.4) is 0 Å². The predicted molar refractivity (Wildman–Crippen MR) is 68.9 cm³/mol. The first kappa shape index (κ1) is 13.4. The number of hydrogen-bond acceptors (Lipinski definition) is 4. The smallest absolute Gasteiger partial charge is 0.161 e. The molecule has 1 unspecified atom stereocenters. The molecule has 5 heteroatoms. The number of aromatic nitrogens is 2. The Bertz CT molecular complexity index is 343. The van der Waals surface area contributed by atoms with Crippen LogP contribution in [0, 0.1) is 0 Å². The summed E-state index contributed by atoms with van der Waals surface area (Å²) in [5, 5.41) is 4.16. The van der Waals surface area contributed by atoms with Gasteiger partial charge >= 0.3 is 0 Å². The molecular weight excluding hydrogens is 222 g/mol. The Hall–Kier alpha value is -0.680. The fraction of sp³-hybridized carbons (Fsp3) is 0.727. The Labute approximate surface area is 102 Å². The summed E-state index contributed by atoms with van der Waals surface area (Å²) in [5.74, 6) is 1.63. The zero-order valence-electron chi connectivity index (χ0n) is 10.7. The Kier molecular flexibility index (Phi) is 4.27. The molecule has 0 saturated heterocycles. The highest BCUT2D eigenvalue weighted by Crippen LogP contribution is 2.30. The average Bonchev–Trinajstić information content (AvgIpc) is 2.55. The van der Waals surface area contributed by atoms with Crippen LogP contribution in [-0.2, 0) is 7.05 Å². The summed E-state index contributed by atoms with van der Waals surface area (Å²) in [7, 11) is 3.53.